The first-order chi connectivity index (χ1) is 32.1. The lowest BCUT2D eigenvalue weighted by Gasteiger charge is -2.47. The molecule has 19 heteroatoms. The van der Waals surface area contributed by atoms with E-state index < -0.39 is 65.4 Å². The summed E-state index contributed by atoms with van der Waals surface area (Å²) in [6.45, 7) is 0.651. The van der Waals surface area contributed by atoms with Gasteiger partial charge in [-0.05, 0) is 72.4 Å². The number of H-pyrrole nitrogens is 1. The number of aryl methyl sites for hydroxylation is 1. The van der Waals surface area contributed by atoms with Crippen LogP contribution < -0.4 is 15.1 Å². The van der Waals surface area contributed by atoms with Crippen LogP contribution in [-0.2, 0) is 20.9 Å². The van der Waals surface area contributed by atoms with Gasteiger partial charge in [0.05, 0.1) is 35.4 Å². The van der Waals surface area contributed by atoms with Crippen molar-refractivity contribution in [3.8, 4) is 11.1 Å². The molecule has 13 nitrogen and oxygen atoms in total. The van der Waals surface area contributed by atoms with Crippen LogP contribution in [0.15, 0.2) is 67.0 Å². The van der Waals surface area contributed by atoms with Gasteiger partial charge in [0.2, 0.25) is 17.7 Å². The van der Waals surface area contributed by atoms with Crippen molar-refractivity contribution in [1.82, 2.24) is 34.8 Å². The predicted molar refractivity (Wildman–Crippen MR) is 239 cm³/mol. The summed E-state index contributed by atoms with van der Waals surface area (Å²) in [5.41, 5.74) is 0.677. The number of nitrogens with zero attached hydrogens (tertiary/aromatic N) is 7. The van der Waals surface area contributed by atoms with E-state index in [0.717, 1.165) is 18.2 Å². The van der Waals surface area contributed by atoms with Gasteiger partial charge in [-0.3, -0.25) is 34.1 Å². The van der Waals surface area contributed by atoms with Crippen molar-refractivity contribution in [1.29, 1.82) is 0 Å². The molecule has 2 aromatic heterocycles. The van der Waals surface area contributed by atoms with Crippen molar-refractivity contribution in [2.24, 2.45) is 0 Å². The largest absolute Gasteiger partial charge is 0.367 e. The minimum Gasteiger partial charge on any atom is -0.367 e. The van der Waals surface area contributed by atoms with E-state index in [1.54, 1.807) is 37.8 Å². The predicted octanol–water partition coefficient (Wildman–Crippen LogP) is 6.55. The summed E-state index contributed by atoms with van der Waals surface area (Å²) in [7, 11) is 3.06. The molecule has 9 rings (SSSR count). The summed E-state index contributed by atoms with van der Waals surface area (Å²) in [5, 5.41) is 6.53. The Morgan fingerprint density at radius 3 is 2.33 bits per heavy atom. The van der Waals surface area contributed by atoms with Gasteiger partial charge in [-0.2, -0.15) is 5.10 Å². The van der Waals surface area contributed by atoms with E-state index in [0.29, 0.717) is 30.6 Å². The average molecular weight is 930 g/mol. The van der Waals surface area contributed by atoms with Crippen molar-refractivity contribution in [2.75, 3.05) is 76.3 Å². The molecule has 4 aliphatic heterocycles. The maximum Gasteiger partial charge on any atom is 0.280 e. The van der Waals surface area contributed by atoms with Crippen molar-refractivity contribution in [2.45, 2.75) is 56.5 Å². The lowest BCUT2D eigenvalue weighted by atomic mass is 9.90. The molecule has 2 N–H and O–H groups in total. The number of alkyl halides is 2. The van der Waals surface area contributed by atoms with Gasteiger partial charge in [-0.25, -0.2) is 26.3 Å². The van der Waals surface area contributed by atoms with Crippen molar-refractivity contribution < 1.29 is 45.5 Å². The second-order valence-corrected chi connectivity index (χ2v) is 17.8. The van der Waals surface area contributed by atoms with Gasteiger partial charge >= 0.3 is 0 Å². The summed E-state index contributed by atoms with van der Waals surface area (Å²) in [5.74, 6) is -8.61. The Morgan fingerprint density at radius 1 is 0.851 bits per heavy atom. The number of halogens is 6. The smallest absolute Gasteiger partial charge is 0.280 e. The van der Waals surface area contributed by atoms with Crippen LogP contribution in [0, 0.1) is 23.3 Å². The Balaban J connectivity index is 0.912. The first kappa shape index (κ1) is 45.5. The number of carbonyl (C=O) groups is 4. The van der Waals surface area contributed by atoms with E-state index in [4.69, 9.17) is 0 Å². The van der Waals surface area contributed by atoms with E-state index in [1.807, 2.05) is 6.08 Å². The van der Waals surface area contributed by atoms with Crippen molar-refractivity contribution in [3.63, 3.8) is 0 Å². The maximum absolute atomic E-state index is 16.6. The summed E-state index contributed by atoms with van der Waals surface area (Å²) >= 11 is 0. The molecule has 5 aromatic rings. The minimum atomic E-state index is -3.26. The van der Waals surface area contributed by atoms with Crippen molar-refractivity contribution in [3.05, 3.63) is 107 Å². The summed E-state index contributed by atoms with van der Waals surface area (Å²) < 4.78 is 98.4. The normalized spacial score (nSPS) is 20.3. The molecule has 0 radical (unpaired) electrons. The SMILES string of the molecule is CN(C)C(=O)c1cc2c(-c3cc(F)c(N4CCN([C@@H]5CCN(c6ccc(C7CCC(=O)NC7=O)cc6F)CC5(F)F)CC4)cc3F)cc(C3=CCCN(C(=O)CCn4cccn4)C3)c(F)c2[nH]1. The van der Waals surface area contributed by atoms with Crippen LogP contribution in [0.1, 0.15) is 59.6 Å². The second kappa shape index (κ2) is 18.2. The first-order valence-corrected chi connectivity index (χ1v) is 22.3. The van der Waals surface area contributed by atoms with Crippen LogP contribution in [0.4, 0.5) is 37.7 Å². The number of carbonyl (C=O) groups excluding carboxylic acids is 4. The van der Waals surface area contributed by atoms with Gasteiger partial charge in [-0.15, -0.1) is 0 Å². The molecule has 6 heterocycles. The highest BCUT2D eigenvalue weighted by atomic mass is 19.3. The molecule has 0 saturated carbocycles. The third-order valence-corrected chi connectivity index (χ3v) is 13.4. The molecule has 67 heavy (non-hydrogen) atoms. The highest BCUT2D eigenvalue weighted by Gasteiger charge is 2.48. The van der Waals surface area contributed by atoms with Crippen LogP contribution in [0.5, 0.6) is 0 Å². The number of benzene rings is 3. The third-order valence-electron chi connectivity index (χ3n) is 13.4. The molecule has 2 atom stereocenters. The number of rotatable bonds is 10. The number of aromatic amines is 1. The summed E-state index contributed by atoms with van der Waals surface area (Å²) in [4.78, 5) is 60.5. The van der Waals surface area contributed by atoms with Gasteiger partial charge in [0.1, 0.15) is 23.1 Å². The van der Waals surface area contributed by atoms with Gasteiger partial charge in [0.25, 0.3) is 11.8 Å². The van der Waals surface area contributed by atoms with E-state index in [2.05, 4.69) is 15.4 Å². The fourth-order valence-electron chi connectivity index (χ4n) is 9.88. The van der Waals surface area contributed by atoms with Crippen LogP contribution in [0.2, 0.25) is 0 Å². The van der Waals surface area contributed by atoms with E-state index in [9.17, 15) is 19.2 Å². The third kappa shape index (κ3) is 9.00. The van der Waals surface area contributed by atoms with Gasteiger partial charge in [0.15, 0.2) is 5.82 Å². The Labute approximate surface area is 381 Å². The average Bonchev–Trinajstić information content (AvgIpc) is 4.00. The lowest BCUT2D eigenvalue weighted by molar-refractivity contribution is -0.134. The molecule has 0 spiro atoms. The summed E-state index contributed by atoms with van der Waals surface area (Å²) in [6, 6.07) is 9.54. The Morgan fingerprint density at radius 2 is 1.63 bits per heavy atom. The molecule has 4 aliphatic rings. The Hall–Kier alpha value is -6.63. The molecule has 0 bridgehead atoms. The highest BCUT2D eigenvalue weighted by Crippen LogP contribution is 2.41. The number of imide groups is 1. The lowest BCUT2D eigenvalue weighted by Crippen LogP contribution is -2.62. The molecular weight excluding hydrogens is 881 g/mol. The monoisotopic (exact) mass is 929 g/mol. The van der Waals surface area contributed by atoms with Gasteiger partial charge < -0.3 is 24.6 Å². The van der Waals surface area contributed by atoms with E-state index in [1.165, 1.54) is 48.2 Å². The molecule has 3 saturated heterocycles. The number of piperazine rings is 1. The number of amides is 4. The minimum absolute atomic E-state index is 0.00544. The van der Waals surface area contributed by atoms with Crippen LogP contribution in [0.3, 0.4) is 0 Å². The molecule has 1 unspecified atom stereocenters. The van der Waals surface area contributed by atoms with E-state index in [-0.39, 0.29) is 116 Å². The molecule has 3 aromatic carbocycles. The molecule has 4 amide bonds. The quantitative estimate of drug-likeness (QED) is 0.119. The van der Waals surface area contributed by atoms with Crippen LogP contribution in [0.25, 0.3) is 27.6 Å². The number of fused-ring (bicyclic) bond motifs is 1. The zero-order valence-corrected chi connectivity index (χ0v) is 36.9. The van der Waals surface area contributed by atoms with Crippen LogP contribution >= 0.6 is 0 Å². The summed E-state index contributed by atoms with van der Waals surface area (Å²) in [6.07, 6.45) is 6.12. The van der Waals surface area contributed by atoms with Gasteiger partial charge in [0, 0.05) is 114 Å². The standard InChI is InChI=1S/C48H49F6N9O4/c1-58(2)47(67)38-24-34-32(22-31(44(52)45(34)56-38)29-5-3-13-61(26-29)43(65)11-16-63-14-4-12-55-63)33-23-37(51)40(25-35(33)49)59-17-19-60(20-18-59)41-10-15-62(27-48(41,53)54)39-8-6-28(21-36(39)50)30-7-9-42(64)57-46(30)66/h4-6,8,12,14,21-25,30,41,56H,3,7,9-11,13,15-20,26-27H2,1-2H3,(H,57,64,66)/t30?,41-/m1/s1. The number of aromatic nitrogens is 3. The fourth-order valence-corrected chi connectivity index (χ4v) is 9.88. The van der Waals surface area contributed by atoms with Crippen molar-refractivity contribution >= 4 is 51.5 Å². The number of anilines is 2. The number of hydrogen-bond acceptors (Lipinski definition) is 8. The molecule has 352 valence electrons. The Kier molecular flexibility index (Phi) is 12.4. The Bertz CT molecular complexity index is 2780. The molecule has 3 fully saturated rings. The van der Waals surface area contributed by atoms with E-state index >= 15 is 26.3 Å². The number of hydrogen-bond donors (Lipinski definition) is 2. The first-order valence-electron chi connectivity index (χ1n) is 22.3. The maximum atomic E-state index is 16.6. The zero-order chi connectivity index (χ0) is 47.3. The highest BCUT2D eigenvalue weighted by molar-refractivity contribution is 6.05. The van der Waals surface area contributed by atoms with Crippen LogP contribution in [-0.4, -0.2) is 132 Å². The fraction of sp³-hybridized carbons (Fsp3) is 0.396. The second-order valence-electron chi connectivity index (χ2n) is 17.8. The number of nitrogens with one attached hydrogen (secondary N) is 2. The molecular formula is C48H49F6N9O4. The van der Waals surface area contributed by atoms with Gasteiger partial charge in [-0.1, -0.05) is 12.1 Å². The molecule has 0 aliphatic carbocycles. The zero-order valence-electron chi connectivity index (χ0n) is 36.9. The number of piperidine rings is 2. The topological polar surface area (TPSA) is 130 Å².